The molecule has 0 saturated carbocycles. The van der Waals surface area contributed by atoms with Gasteiger partial charge in [-0.05, 0) is 19.8 Å². The van der Waals surface area contributed by atoms with Gasteiger partial charge < -0.3 is 10.2 Å². The Bertz CT molecular complexity index is 1080. The summed E-state index contributed by atoms with van der Waals surface area (Å²) in [5.41, 5.74) is 1.03. The van der Waals surface area contributed by atoms with Gasteiger partial charge in [0.25, 0.3) is 0 Å². The van der Waals surface area contributed by atoms with E-state index in [1.54, 1.807) is 25.3 Å². The van der Waals surface area contributed by atoms with Crippen LogP contribution in [0.25, 0.3) is 16.7 Å². The Balaban J connectivity index is 1.93. The lowest BCUT2D eigenvalue weighted by Gasteiger charge is -2.14. The Hall–Kier alpha value is -3.17. The van der Waals surface area contributed by atoms with Gasteiger partial charge in [0.2, 0.25) is 11.7 Å². The van der Waals surface area contributed by atoms with Crippen molar-refractivity contribution >= 4 is 28.4 Å². The van der Waals surface area contributed by atoms with Crippen molar-refractivity contribution in [2.45, 2.75) is 39.5 Å². The zero-order valence-corrected chi connectivity index (χ0v) is 16.4. The molecule has 0 aromatic carbocycles. The first-order chi connectivity index (χ1) is 13.7. The molecule has 0 spiro atoms. The second-order valence-corrected chi connectivity index (χ2v) is 7.28. The predicted octanol–water partition coefficient (Wildman–Crippen LogP) is 3.19. The lowest BCUT2D eigenvalue weighted by molar-refractivity contribution is -0.114. The molecule has 0 unspecified atom stereocenters. The van der Waals surface area contributed by atoms with Crippen molar-refractivity contribution < 1.29 is 13.6 Å². The Morgan fingerprint density at radius 3 is 2.59 bits per heavy atom. The van der Waals surface area contributed by atoms with Crippen molar-refractivity contribution in [2.75, 3.05) is 23.3 Å². The average Bonchev–Trinajstić information content (AvgIpc) is 3.27. The van der Waals surface area contributed by atoms with Crippen LogP contribution in [0.15, 0.2) is 18.3 Å². The molecule has 0 aliphatic carbocycles. The molecule has 1 aliphatic heterocycles. The van der Waals surface area contributed by atoms with Crippen LogP contribution in [0, 0.1) is 6.92 Å². The number of nitrogens with zero attached hydrogens (tertiary/aromatic N) is 6. The van der Waals surface area contributed by atoms with Gasteiger partial charge in [-0.3, -0.25) is 4.79 Å². The third kappa shape index (κ3) is 3.74. The molecule has 3 aromatic heterocycles. The summed E-state index contributed by atoms with van der Waals surface area (Å²) in [6, 6.07) is 3.28. The van der Waals surface area contributed by atoms with E-state index in [0.29, 0.717) is 17.0 Å². The van der Waals surface area contributed by atoms with E-state index in [1.165, 1.54) is 11.6 Å². The third-order valence-electron chi connectivity index (χ3n) is 4.71. The van der Waals surface area contributed by atoms with Crippen LogP contribution in [-0.4, -0.2) is 43.7 Å². The number of pyridine rings is 1. The van der Waals surface area contributed by atoms with E-state index in [-0.39, 0.29) is 11.7 Å². The van der Waals surface area contributed by atoms with Crippen molar-refractivity contribution in [1.82, 2.24) is 24.7 Å². The van der Waals surface area contributed by atoms with E-state index >= 15 is 0 Å². The Labute approximate surface area is 166 Å². The number of anilines is 2. The number of aryl methyl sites for hydroxylation is 1. The maximum absolute atomic E-state index is 13.9. The number of hydrogen-bond donors (Lipinski definition) is 1. The number of carbonyl (C=O) groups excluding carboxylic acids is 1. The molecule has 0 atom stereocenters. The summed E-state index contributed by atoms with van der Waals surface area (Å²) in [7, 11) is 0. The van der Waals surface area contributed by atoms with Gasteiger partial charge in [0.05, 0.1) is 10.9 Å². The molecule has 1 saturated heterocycles. The Morgan fingerprint density at radius 1 is 1.21 bits per heavy atom. The summed E-state index contributed by atoms with van der Waals surface area (Å²) >= 11 is 0. The van der Waals surface area contributed by atoms with Crippen molar-refractivity contribution in [1.29, 1.82) is 0 Å². The van der Waals surface area contributed by atoms with Crippen molar-refractivity contribution in [3.8, 4) is 5.82 Å². The maximum atomic E-state index is 13.9. The standard InChI is InChI=1S/C19H21F2N7O/c1-11-8-16(25-18(23-11)19(3,20)21)28-14-9-15(24-12(2)29)22-10-13(14)17(26-28)27-6-4-5-7-27/h8-10H,4-7H2,1-3H3,(H,22,24,29). The Morgan fingerprint density at radius 2 is 1.93 bits per heavy atom. The quantitative estimate of drug-likeness (QED) is 0.722. The van der Waals surface area contributed by atoms with Crippen LogP contribution in [0.3, 0.4) is 0 Å². The first-order valence-corrected chi connectivity index (χ1v) is 9.38. The molecule has 1 N–H and O–H groups in total. The van der Waals surface area contributed by atoms with Gasteiger partial charge in [0.15, 0.2) is 11.6 Å². The van der Waals surface area contributed by atoms with Gasteiger partial charge in [0, 0.05) is 51.0 Å². The molecule has 1 amide bonds. The van der Waals surface area contributed by atoms with E-state index in [4.69, 9.17) is 0 Å². The highest BCUT2D eigenvalue weighted by Crippen LogP contribution is 2.32. The molecule has 0 bridgehead atoms. The monoisotopic (exact) mass is 401 g/mol. The van der Waals surface area contributed by atoms with Crippen molar-refractivity contribution in [2.24, 2.45) is 0 Å². The highest BCUT2D eigenvalue weighted by atomic mass is 19.3. The maximum Gasteiger partial charge on any atom is 0.303 e. The fourth-order valence-corrected chi connectivity index (χ4v) is 3.44. The van der Waals surface area contributed by atoms with Crippen LogP contribution >= 0.6 is 0 Å². The second-order valence-electron chi connectivity index (χ2n) is 7.28. The smallest absolute Gasteiger partial charge is 0.303 e. The summed E-state index contributed by atoms with van der Waals surface area (Å²) in [4.78, 5) is 25.8. The summed E-state index contributed by atoms with van der Waals surface area (Å²) in [5, 5.41) is 8.09. The zero-order valence-electron chi connectivity index (χ0n) is 16.4. The normalized spacial score (nSPS) is 14.6. The molecule has 4 heterocycles. The summed E-state index contributed by atoms with van der Waals surface area (Å²) in [5.74, 6) is -2.68. The van der Waals surface area contributed by atoms with Crippen molar-refractivity contribution in [3.63, 3.8) is 0 Å². The van der Waals surface area contributed by atoms with Crippen LogP contribution < -0.4 is 10.2 Å². The highest BCUT2D eigenvalue weighted by molar-refractivity contribution is 5.95. The van der Waals surface area contributed by atoms with Crippen LogP contribution in [0.2, 0.25) is 0 Å². The van der Waals surface area contributed by atoms with Crippen LogP contribution in [-0.2, 0) is 10.7 Å². The number of amides is 1. The SMILES string of the molecule is CC(=O)Nc1cc2c(cn1)c(N1CCCC1)nn2-c1cc(C)nc(C(C)(F)F)n1. The number of hydrogen-bond acceptors (Lipinski definition) is 6. The molecular formula is C19H21F2N7O. The fraction of sp³-hybridized carbons (Fsp3) is 0.421. The van der Waals surface area contributed by atoms with E-state index in [0.717, 1.165) is 44.1 Å². The molecule has 3 aromatic rings. The van der Waals surface area contributed by atoms with E-state index < -0.39 is 11.7 Å². The molecule has 1 fully saturated rings. The highest BCUT2D eigenvalue weighted by Gasteiger charge is 2.30. The molecule has 152 valence electrons. The van der Waals surface area contributed by atoms with Gasteiger partial charge in [-0.15, -0.1) is 5.10 Å². The lowest BCUT2D eigenvalue weighted by atomic mass is 10.3. The van der Waals surface area contributed by atoms with Gasteiger partial charge in [-0.25, -0.2) is 19.6 Å². The van der Waals surface area contributed by atoms with Crippen LogP contribution in [0.1, 0.15) is 38.2 Å². The number of alkyl halides is 2. The van der Waals surface area contributed by atoms with Crippen LogP contribution in [0.4, 0.5) is 20.4 Å². The largest absolute Gasteiger partial charge is 0.355 e. The fourth-order valence-electron chi connectivity index (χ4n) is 3.44. The van der Waals surface area contributed by atoms with Gasteiger partial charge in [-0.1, -0.05) is 0 Å². The topological polar surface area (TPSA) is 88.8 Å². The third-order valence-corrected chi connectivity index (χ3v) is 4.71. The molecule has 8 nitrogen and oxygen atoms in total. The van der Waals surface area contributed by atoms with Gasteiger partial charge >= 0.3 is 5.92 Å². The first kappa shape index (κ1) is 19.2. The summed E-state index contributed by atoms with van der Waals surface area (Å²) in [6.07, 6.45) is 3.76. The zero-order chi connectivity index (χ0) is 20.8. The molecule has 29 heavy (non-hydrogen) atoms. The predicted molar refractivity (Wildman–Crippen MR) is 105 cm³/mol. The summed E-state index contributed by atoms with van der Waals surface area (Å²) < 4.78 is 29.3. The number of rotatable bonds is 4. The molecule has 0 radical (unpaired) electrons. The minimum Gasteiger partial charge on any atom is -0.355 e. The minimum absolute atomic E-state index is 0.240. The average molecular weight is 401 g/mol. The first-order valence-electron chi connectivity index (χ1n) is 9.38. The molecular weight excluding hydrogens is 380 g/mol. The van der Waals surface area contributed by atoms with Crippen molar-refractivity contribution in [3.05, 3.63) is 29.8 Å². The number of aromatic nitrogens is 5. The van der Waals surface area contributed by atoms with E-state index in [9.17, 15) is 13.6 Å². The minimum atomic E-state index is -3.18. The van der Waals surface area contributed by atoms with Gasteiger partial charge in [-0.2, -0.15) is 8.78 Å². The summed E-state index contributed by atoms with van der Waals surface area (Å²) in [6.45, 7) is 5.52. The number of halogens is 2. The number of carbonyl (C=O) groups is 1. The molecule has 10 heteroatoms. The number of nitrogens with one attached hydrogen (secondary N) is 1. The van der Waals surface area contributed by atoms with Crippen LogP contribution in [0.5, 0.6) is 0 Å². The lowest BCUT2D eigenvalue weighted by Crippen LogP contribution is -2.19. The van der Waals surface area contributed by atoms with Gasteiger partial charge in [0.1, 0.15) is 5.82 Å². The number of fused-ring (bicyclic) bond motifs is 1. The Kier molecular flexibility index (Phi) is 4.64. The molecule has 4 rings (SSSR count). The second kappa shape index (κ2) is 7.02. The van der Waals surface area contributed by atoms with E-state index in [1.807, 2.05) is 0 Å². The molecule has 1 aliphatic rings. The van der Waals surface area contributed by atoms with E-state index in [2.05, 4.69) is 30.3 Å².